The molecule has 0 unspecified atom stereocenters. The summed E-state index contributed by atoms with van der Waals surface area (Å²) >= 11 is 0. The molecule has 0 fully saturated rings. The fourth-order valence-corrected chi connectivity index (χ4v) is 2.10. The van der Waals surface area contributed by atoms with Crippen LogP contribution in [0.4, 0.5) is 17.1 Å². The van der Waals surface area contributed by atoms with Crippen LogP contribution >= 0.6 is 0 Å². The van der Waals surface area contributed by atoms with Gasteiger partial charge in [-0.3, -0.25) is 9.78 Å². The second-order valence-electron chi connectivity index (χ2n) is 6.70. The SMILES string of the molecule is CN(C)c1ccc(NC(=O)c2cc(NC(C)(C)C)ccn2)cc1. The number of hydrogen-bond acceptors (Lipinski definition) is 4. The zero-order chi connectivity index (χ0) is 17.0. The van der Waals surface area contributed by atoms with E-state index >= 15 is 0 Å². The molecule has 0 radical (unpaired) electrons. The second-order valence-corrected chi connectivity index (χ2v) is 6.70. The van der Waals surface area contributed by atoms with Gasteiger partial charge < -0.3 is 15.5 Å². The molecule has 0 saturated heterocycles. The molecule has 1 aromatic heterocycles. The molecule has 1 aromatic carbocycles. The first kappa shape index (κ1) is 16.8. The minimum atomic E-state index is -0.222. The van der Waals surface area contributed by atoms with E-state index in [1.54, 1.807) is 12.3 Å². The van der Waals surface area contributed by atoms with Gasteiger partial charge in [0.05, 0.1) is 0 Å². The number of nitrogens with zero attached hydrogens (tertiary/aromatic N) is 2. The summed E-state index contributed by atoms with van der Waals surface area (Å²) in [4.78, 5) is 18.5. The Kier molecular flexibility index (Phi) is 4.89. The Morgan fingerprint density at radius 2 is 1.70 bits per heavy atom. The molecule has 2 aromatic rings. The third-order valence-electron chi connectivity index (χ3n) is 3.15. The van der Waals surface area contributed by atoms with Gasteiger partial charge in [0.25, 0.3) is 5.91 Å². The van der Waals surface area contributed by atoms with E-state index in [-0.39, 0.29) is 11.4 Å². The van der Waals surface area contributed by atoms with Crippen LogP contribution in [-0.4, -0.2) is 30.5 Å². The Balaban J connectivity index is 2.10. The normalized spacial score (nSPS) is 11.0. The molecule has 0 aliphatic rings. The largest absolute Gasteiger partial charge is 0.380 e. The Hall–Kier alpha value is -2.56. The molecule has 0 aliphatic heterocycles. The van der Waals surface area contributed by atoms with E-state index in [0.29, 0.717) is 5.69 Å². The highest BCUT2D eigenvalue weighted by molar-refractivity contribution is 6.03. The highest BCUT2D eigenvalue weighted by Crippen LogP contribution is 2.18. The molecule has 0 aliphatic carbocycles. The van der Waals surface area contributed by atoms with Crippen molar-refractivity contribution in [2.75, 3.05) is 29.6 Å². The lowest BCUT2D eigenvalue weighted by molar-refractivity contribution is 0.102. The molecule has 122 valence electrons. The average molecular weight is 312 g/mol. The number of aromatic nitrogens is 1. The summed E-state index contributed by atoms with van der Waals surface area (Å²) in [5.74, 6) is -0.222. The van der Waals surface area contributed by atoms with Gasteiger partial charge in [-0.15, -0.1) is 0 Å². The van der Waals surface area contributed by atoms with Crippen LogP contribution in [0.3, 0.4) is 0 Å². The Labute approximate surface area is 137 Å². The summed E-state index contributed by atoms with van der Waals surface area (Å²) in [5.41, 5.74) is 3.02. The van der Waals surface area contributed by atoms with E-state index < -0.39 is 0 Å². The van der Waals surface area contributed by atoms with E-state index in [9.17, 15) is 4.79 Å². The van der Waals surface area contributed by atoms with E-state index in [1.165, 1.54) is 0 Å². The number of nitrogens with one attached hydrogen (secondary N) is 2. The van der Waals surface area contributed by atoms with Crippen LogP contribution in [0.15, 0.2) is 42.6 Å². The first-order chi connectivity index (χ1) is 10.7. The predicted octanol–water partition coefficient (Wildman–Crippen LogP) is 3.61. The van der Waals surface area contributed by atoms with E-state index in [2.05, 4.69) is 36.4 Å². The van der Waals surface area contributed by atoms with Gasteiger partial charge in [-0.25, -0.2) is 0 Å². The zero-order valence-electron chi connectivity index (χ0n) is 14.3. The maximum absolute atomic E-state index is 12.3. The third kappa shape index (κ3) is 4.98. The summed E-state index contributed by atoms with van der Waals surface area (Å²) in [5, 5.41) is 6.20. The van der Waals surface area contributed by atoms with Crippen molar-refractivity contribution in [2.24, 2.45) is 0 Å². The van der Waals surface area contributed by atoms with Gasteiger partial charge in [-0.1, -0.05) is 0 Å². The van der Waals surface area contributed by atoms with Gasteiger partial charge in [-0.05, 0) is 57.2 Å². The minimum Gasteiger partial charge on any atom is -0.380 e. The average Bonchev–Trinajstić information content (AvgIpc) is 2.46. The molecule has 0 bridgehead atoms. The fourth-order valence-electron chi connectivity index (χ4n) is 2.10. The first-order valence-corrected chi connectivity index (χ1v) is 7.57. The zero-order valence-corrected chi connectivity index (χ0v) is 14.3. The van der Waals surface area contributed by atoms with E-state index in [0.717, 1.165) is 17.1 Å². The molecule has 0 saturated carbocycles. The van der Waals surface area contributed by atoms with Crippen molar-refractivity contribution >= 4 is 23.0 Å². The van der Waals surface area contributed by atoms with Gasteiger partial charge in [0, 0.05) is 42.9 Å². The topological polar surface area (TPSA) is 57.3 Å². The molecule has 1 heterocycles. The van der Waals surface area contributed by atoms with Gasteiger partial charge in [0.1, 0.15) is 5.69 Å². The van der Waals surface area contributed by atoms with Crippen LogP contribution < -0.4 is 15.5 Å². The molecule has 5 heteroatoms. The predicted molar refractivity (Wildman–Crippen MR) is 96.3 cm³/mol. The van der Waals surface area contributed by atoms with E-state index in [1.807, 2.05) is 49.3 Å². The van der Waals surface area contributed by atoms with Gasteiger partial charge >= 0.3 is 0 Å². The smallest absolute Gasteiger partial charge is 0.274 e. The van der Waals surface area contributed by atoms with E-state index in [4.69, 9.17) is 0 Å². The Morgan fingerprint density at radius 3 is 2.26 bits per heavy atom. The first-order valence-electron chi connectivity index (χ1n) is 7.57. The Morgan fingerprint density at radius 1 is 1.04 bits per heavy atom. The Bertz CT molecular complexity index is 672. The monoisotopic (exact) mass is 312 g/mol. The van der Waals surface area contributed by atoms with Gasteiger partial charge in [-0.2, -0.15) is 0 Å². The molecule has 2 rings (SSSR count). The molecule has 0 atom stereocenters. The van der Waals surface area contributed by atoms with Crippen LogP contribution in [0.2, 0.25) is 0 Å². The fraction of sp³-hybridized carbons (Fsp3) is 0.333. The summed E-state index contributed by atoms with van der Waals surface area (Å²) < 4.78 is 0. The van der Waals surface area contributed by atoms with Gasteiger partial charge in [0.2, 0.25) is 0 Å². The summed E-state index contributed by atoms with van der Waals surface area (Å²) in [7, 11) is 3.95. The maximum Gasteiger partial charge on any atom is 0.274 e. The van der Waals surface area contributed by atoms with Crippen molar-refractivity contribution in [3.63, 3.8) is 0 Å². The van der Waals surface area contributed by atoms with Crippen molar-refractivity contribution < 1.29 is 4.79 Å². The standard InChI is InChI=1S/C18H24N4O/c1-18(2,3)21-14-10-11-19-16(12-14)17(23)20-13-6-8-15(9-7-13)22(4)5/h6-12H,1-5H3,(H,19,21)(H,20,23). The number of rotatable bonds is 4. The van der Waals surface area contributed by atoms with Crippen molar-refractivity contribution in [3.05, 3.63) is 48.3 Å². The lowest BCUT2D eigenvalue weighted by Crippen LogP contribution is -2.26. The number of pyridine rings is 1. The molecule has 2 N–H and O–H groups in total. The number of carbonyl (C=O) groups is 1. The highest BCUT2D eigenvalue weighted by Gasteiger charge is 2.12. The number of anilines is 3. The summed E-state index contributed by atoms with van der Waals surface area (Å²) in [6.07, 6.45) is 1.64. The molecule has 1 amide bonds. The van der Waals surface area contributed by atoms with Gasteiger partial charge in [0.15, 0.2) is 0 Å². The van der Waals surface area contributed by atoms with Crippen LogP contribution in [-0.2, 0) is 0 Å². The van der Waals surface area contributed by atoms with Crippen molar-refractivity contribution in [1.29, 1.82) is 0 Å². The number of carbonyl (C=O) groups excluding carboxylic acids is 1. The maximum atomic E-state index is 12.3. The molecule has 0 spiro atoms. The summed E-state index contributed by atoms with van der Waals surface area (Å²) in [6.45, 7) is 6.21. The van der Waals surface area contributed by atoms with Crippen molar-refractivity contribution in [3.8, 4) is 0 Å². The number of benzene rings is 1. The van der Waals surface area contributed by atoms with Crippen LogP contribution in [0.5, 0.6) is 0 Å². The molecular formula is C18H24N4O. The number of amides is 1. The van der Waals surface area contributed by atoms with Crippen LogP contribution in [0.25, 0.3) is 0 Å². The van der Waals surface area contributed by atoms with Crippen LogP contribution in [0.1, 0.15) is 31.3 Å². The number of hydrogen-bond donors (Lipinski definition) is 2. The lowest BCUT2D eigenvalue weighted by atomic mass is 10.1. The van der Waals surface area contributed by atoms with Crippen LogP contribution in [0, 0.1) is 0 Å². The molecular weight excluding hydrogens is 288 g/mol. The lowest BCUT2D eigenvalue weighted by Gasteiger charge is -2.22. The van der Waals surface area contributed by atoms with Crippen molar-refractivity contribution in [2.45, 2.75) is 26.3 Å². The van der Waals surface area contributed by atoms with Crippen molar-refractivity contribution in [1.82, 2.24) is 4.98 Å². The third-order valence-corrected chi connectivity index (χ3v) is 3.15. The molecule has 23 heavy (non-hydrogen) atoms. The second kappa shape index (κ2) is 6.69. The minimum absolute atomic E-state index is 0.0723. The molecule has 5 nitrogen and oxygen atoms in total. The summed E-state index contributed by atoms with van der Waals surface area (Å²) in [6, 6.07) is 11.3. The highest BCUT2D eigenvalue weighted by atomic mass is 16.1. The quantitative estimate of drug-likeness (QED) is 0.905.